The van der Waals surface area contributed by atoms with Crippen LogP contribution in [-0.4, -0.2) is 36.3 Å². The van der Waals surface area contributed by atoms with Crippen LogP contribution in [0.4, 0.5) is 4.39 Å². The number of ketones is 1. The Kier molecular flexibility index (Phi) is 12.8. The molecular formula is C32H43ClFNO3. The third-order valence-electron chi connectivity index (χ3n) is 7.62. The van der Waals surface area contributed by atoms with Crippen LogP contribution < -0.4 is 0 Å². The van der Waals surface area contributed by atoms with Crippen LogP contribution in [0.1, 0.15) is 106 Å². The van der Waals surface area contributed by atoms with Gasteiger partial charge in [-0.1, -0.05) is 75.6 Å². The SMILES string of the molecule is CCCCCCCCCCC(=O)OC1(c2ccc(Cl)cc2)CCN(CCCC(=O)c2ccc(F)cc2)CC1. The Morgan fingerprint density at radius 1 is 0.842 bits per heavy atom. The molecule has 38 heavy (non-hydrogen) atoms. The molecule has 1 saturated heterocycles. The van der Waals surface area contributed by atoms with Gasteiger partial charge in [0.1, 0.15) is 11.4 Å². The van der Waals surface area contributed by atoms with Gasteiger partial charge in [0.15, 0.2) is 5.78 Å². The second-order valence-electron chi connectivity index (χ2n) is 10.6. The molecule has 0 unspecified atom stereocenters. The van der Waals surface area contributed by atoms with Crippen LogP contribution in [0.15, 0.2) is 48.5 Å². The number of carbonyl (C=O) groups excluding carboxylic acids is 2. The van der Waals surface area contributed by atoms with Crippen molar-refractivity contribution in [2.45, 2.75) is 96.0 Å². The van der Waals surface area contributed by atoms with Gasteiger partial charge in [-0.3, -0.25) is 9.59 Å². The zero-order chi connectivity index (χ0) is 27.2. The van der Waals surface area contributed by atoms with Gasteiger partial charge in [0, 0.05) is 49.4 Å². The van der Waals surface area contributed by atoms with Crippen LogP contribution in [0.25, 0.3) is 0 Å². The Hall–Kier alpha value is -2.24. The summed E-state index contributed by atoms with van der Waals surface area (Å²) in [7, 11) is 0. The van der Waals surface area contributed by atoms with Crippen molar-refractivity contribution in [1.82, 2.24) is 4.90 Å². The number of benzene rings is 2. The smallest absolute Gasteiger partial charge is 0.306 e. The summed E-state index contributed by atoms with van der Waals surface area (Å²) in [5.41, 5.74) is 0.912. The zero-order valence-electron chi connectivity index (χ0n) is 22.9. The second kappa shape index (κ2) is 16.0. The Morgan fingerprint density at radius 3 is 2.08 bits per heavy atom. The van der Waals surface area contributed by atoms with Gasteiger partial charge in [-0.05, 0) is 61.3 Å². The molecule has 0 aliphatic carbocycles. The fraction of sp³-hybridized carbons (Fsp3) is 0.562. The fourth-order valence-corrected chi connectivity index (χ4v) is 5.38. The van der Waals surface area contributed by atoms with Gasteiger partial charge >= 0.3 is 5.97 Å². The number of piperidine rings is 1. The Morgan fingerprint density at radius 2 is 1.45 bits per heavy atom. The maximum absolute atomic E-state index is 13.1. The van der Waals surface area contributed by atoms with E-state index in [0.29, 0.717) is 36.3 Å². The van der Waals surface area contributed by atoms with Gasteiger partial charge in [-0.15, -0.1) is 0 Å². The van der Waals surface area contributed by atoms with E-state index < -0.39 is 5.60 Å². The fourth-order valence-electron chi connectivity index (χ4n) is 5.26. The lowest BCUT2D eigenvalue weighted by Crippen LogP contribution is -2.45. The molecule has 1 heterocycles. The largest absolute Gasteiger partial charge is 0.454 e. The Balaban J connectivity index is 1.47. The van der Waals surface area contributed by atoms with Crippen molar-refractivity contribution in [2.75, 3.05) is 19.6 Å². The summed E-state index contributed by atoms with van der Waals surface area (Å²) in [5, 5.41) is 0.664. The molecule has 2 aromatic carbocycles. The molecule has 0 atom stereocenters. The summed E-state index contributed by atoms with van der Waals surface area (Å²) in [6, 6.07) is 13.4. The highest BCUT2D eigenvalue weighted by Gasteiger charge is 2.39. The first-order valence-corrected chi connectivity index (χ1v) is 14.8. The van der Waals surface area contributed by atoms with E-state index in [1.165, 1.54) is 50.7 Å². The molecular weight excluding hydrogens is 501 g/mol. The minimum absolute atomic E-state index is 0.0346. The maximum atomic E-state index is 13.1. The number of halogens is 2. The number of likely N-dealkylation sites (tertiary alicyclic amines) is 1. The highest BCUT2D eigenvalue weighted by atomic mass is 35.5. The lowest BCUT2D eigenvalue weighted by molar-refractivity contribution is -0.167. The highest BCUT2D eigenvalue weighted by molar-refractivity contribution is 6.30. The summed E-state index contributed by atoms with van der Waals surface area (Å²) in [6.45, 7) is 4.61. The molecule has 0 saturated carbocycles. The van der Waals surface area contributed by atoms with Crippen molar-refractivity contribution in [3.05, 3.63) is 70.5 Å². The van der Waals surface area contributed by atoms with Gasteiger partial charge in [0.05, 0.1) is 0 Å². The number of Topliss-reactive ketones (excluding diaryl/α,β-unsaturated/α-hetero) is 1. The Labute approximate surface area is 232 Å². The van der Waals surface area contributed by atoms with Crippen LogP contribution in [0.3, 0.4) is 0 Å². The highest BCUT2D eigenvalue weighted by Crippen LogP contribution is 2.38. The number of rotatable bonds is 16. The number of nitrogens with zero attached hydrogens (tertiary/aromatic N) is 1. The van der Waals surface area contributed by atoms with Crippen LogP contribution in [0, 0.1) is 5.82 Å². The van der Waals surface area contributed by atoms with Gasteiger partial charge in [-0.2, -0.15) is 0 Å². The summed E-state index contributed by atoms with van der Waals surface area (Å²) in [6.07, 6.45) is 12.6. The average Bonchev–Trinajstić information content (AvgIpc) is 2.92. The van der Waals surface area contributed by atoms with Gasteiger partial charge in [-0.25, -0.2) is 4.39 Å². The van der Waals surface area contributed by atoms with Crippen molar-refractivity contribution >= 4 is 23.4 Å². The number of hydrogen-bond acceptors (Lipinski definition) is 4. The molecule has 4 nitrogen and oxygen atoms in total. The molecule has 208 valence electrons. The van der Waals surface area contributed by atoms with E-state index in [1.54, 1.807) is 12.1 Å². The van der Waals surface area contributed by atoms with Gasteiger partial charge in [0.2, 0.25) is 0 Å². The third-order valence-corrected chi connectivity index (χ3v) is 7.87. The first kappa shape index (κ1) is 30.3. The lowest BCUT2D eigenvalue weighted by atomic mass is 9.84. The first-order valence-electron chi connectivity index (χ1n) is 14.4. The molecule has 0 bridgehead atoms. The van der Waals surface area contributed by atoms with E-state index in [1.807, 2.05) is 24.3 Å². The normalized spacial score (nSPS) is 15.3. The average molecular weight is 544 g/mol. The van der Waals surface area contributed by atoms with E-state index in [0.717, 1.165) is 44.5 Å². The third kappa shape index (κ3) is 9.81. The molecule has 0 amide bonds. The standard InChI is InChI=1S/C32H43ClFNO3/c1-2-3-4-5-6-7-8-9-12-31(37)38-32(27-15-17-28(33)18-16-27)21-24-35(25-22-32)23-10-11-30(36)26-13-19-29(34)20-14-26/h13-20H,2-12,21-25H2,1H3. The number of esters is 1. The molecule has 0 radical (unpaired) electrons. The van der Waals surface area contributed by atoms with Gasteiger partial charge in [0.25, 0.3) is 0 Å². The number of carbonyl (C=O) groups is 2. The lowest BCUT2D eigenvalue weighted by Gasteiger charge is -2.41. The van der Waals surface area contributed by atoms with Crippen LogP contribution >= 0.6 is 11.6 Å². The topological polar surface area (TPSA) is 46.6 Å². The first-order chi connectivity index (χ1) is 18.4. The number of unbranched alkanes of at least 4 members (excludes halogenated alkanes) is 7. The van der Waals surface area contributed by atoms with Crippen molar-refractivity contribution < 1.29 is 18.7 Å². The molecule has 0 aromatic heterocycles. The minimum Gasteiger partial charge on any atom is -0.454 e. The maximum Gasteiger partial charge on any atom is 0.306 e. The van der Waals surface area contributed by atoms with Crippen molar-refractivity contribution in [1.29, 1.82) is 0 Å². The van der Waals surface area contributed by atoms with Crippen molar-refractivity contribution in [2.24, 2.45) is 0 Å². The molecule has 1 aliphatic heterocycles. The van der Waals surface area contributed by atoms with E-state index in [-0.39, 0.29) is 17.6 Å². The predicted octanol–water partition coefficient (Wildman–Crippen LogP) is 8.51. The summed E-state index contributed by atoms with van der Waals surface area (Å²) in [4.78, 5) is 27.6. The monoisotopic (exact) mass is 543 g/mol. The van der Waals surface area contributed by atoms with Crippen LogP contribution in [0.2, 0.25) is 5.02 Å². The zero-order valence-corrected chi connectivity index (χ0v) is 23.6. The van der Waals surface area contributed by atoms with Gasteiger partial charge < -0.3 is 9.64 Å². The summed E-state index contributed by atoms with van der Waals surface area (Å²) >= 11 is 6.14. The number of ether oxygens (including phenoxy) is 1. The summed E-state index contributed by atoms with van der Waals surface area (Å²) in [5.74, 6) is -0.422. The van der Waals surface area contributed by atoms with E-state index >= 15 is 0 Å². The van der Waals surface area contributed by atoms with Crippen molar-refractivity contribution in [3.63, 3.8) is 0 Å². The summed E-state index contributed by atoms with van der Waals surface area (Å²) < 4.78 is 19.3. The molecule has 1 fully saturated rings. The molecule has 3 rings (SSSR count). The molecule has 0 N–H and O–H groups in total. The van der Waals surface area contributed by atoms with E-state index in [2.05, 4.69) is 11.8 Å². The second-order valence-corrected chi connectivity index (χ2v) is 11.0. The van der Waals surface area contributed by atoms with Crippen LogP contribution in [-0.2, 0) is 15.1 Å². The molecule has 1 aliphatic rings. The van der Waals surface area contributed by atoms with E-state index in [9.17, 15) is 14.0 Å². The Bertz CT molecular complexity index is 985. The number of hydrogen-bond donors (Lipinski definition) is 0. The molecule has 0 spiro atoms. The minimum atomic E-state index is -0.637. The predicted molar refractivity (Wildman–Crippen MR) is 152 cm³/mol. The quantitative estimate of drug-likeness (QED) is 0.121. The molecule has 2 aromatic rings. The van der Waals surface area contributed by atoms with E-state index in [4.69, 9.17) is 16.3 Å². The van der Waals surface area contributed by atoms with Crippen LogP contribution in [0.5, 0.6) is 0 Å². The van der Waals surface area contributed by atoms with Crippen molar-refractivity contribution in [3.8, 4) is 0 Å². The molecule has 6 heteroatoms.